The second kappa shape index (κ2) is 10.4. The minimum absolute atomic E-state index is 0.231. The van der Waals surface area contributed by atoms with Gasteiger partial charge in [0.2, 0.25) is 5.91 Å². The van der Waals surface area contributed by atoms with Gasteiger partial charge in [0.15, 0.2) is 0 Å². The van der Waals surface area contributed by atoms with E-state index in [1.807, 2.05) is 23.1 Å². The van der Waals surface area contributed by atoms with Crippen molar-refractivity contribution >= 4 is 5.91 Å². The molecule has 0 spiro atoms. The zero-order valence-electron chi connectivity index (χ0n) is 15.0. The van der Waals surface area contributed by atoms with Crippen LogP contribution >= 0.6 is 0 Å². The highest BCUT2D eigenvalue weighted by molar-refractivity contribution is 5.76. The number of likely N-dealkylation sites (N-methyl/N-ethyl adjacent to an activating group) is 1. The van der Waals surface area contributed by atoms with E-state index in [1.165, 1.54) is 5.56 Å². The Labute approximate surface area is 146 Å². The summed E-state index contributed by atoms with van der Waals surface area (Å²) in [6.45, 7) is 10.5. The average Bonchev–Trinajstić information content (AvgIpc) is 2.64. The van der Waals surface area contributed by atoms with Gasteiger partial charge in [-0.2, -0.15) is 0 Å². The van der Waals surface area contributed by atoms with Gasteiger partial charge in [0.05, 0.1) is 0 Å². The fourth-order valence-corrected chi connectivity index (χ4v) is 3.17. The highest BCUT2D eigenvalue weighted by Gasteiger charge is 2.18. The molecule has 1 aromatic rings. The highest BCUT2D eigenvalue weighted by Crippen LogP contribution is 2.06. The molecule has 24 heavy (non-hydrogen) atoms. The molecular formula is C19H32N4O. The third kappa shape index (κ3) is 6.23. The van der Waals surface area contributed by atoms with Gasteiger partial charge in [0.25, 0.3) is 0 Å². The van der Waals surface area contributed by atoms with Crippen LogP contribution in [-0.4, -0.2) is 79.5 Å². The van der Waals surface area contributed by atoms with E-state index in [2.05, 4.69) is 28.9 Å². The molecule has 0 atom stereocenters. The van der Waals surface area contributed by atoms with Crippen molar-refractivity contribution in [1.82, 2.24) is 14.7 Å². The molecule has 1 fully saturated rings. The first-order valence-corrected chi connectivity index (χ1v) is 9.19. The Kier molecular flexibility index (Phi) is 8.22. The van der Waals surface area contributed by atoms with Crippen LogP contribution in [0.2, 0.25) is 0 Å². The number of hydrogen-bond donors (Lipinski definition) is 1. The maximum atomic E-state index is 12.6. The van der Waals surface area contributed by atoms with E-state index in [0.29, 0.717) is 19.5 Å². The molecule has 1 aliphatic heterocycles. The predicted octanol–water partition coefficient (Wildman–Crippen LogP) is 1.04. The Hall–Kier alpha value is -1.43. The van der Waals surface area contributed by atoms with Gasteiger partial charge in [-0.05, 0) is 18.5 Å². The molecule has 1 saturated heterocycles. The molecule has 1 aliphatic rings. The van der Waals surface area contributed by atoms with Gasteiger partial charge in [0.1, 0.15) is 0 Å². The third-order valence-electron chi connectivity index (χ3n) is 4.82. The van der Waals surface area contributed by atoms with E-state index in [0.717, 1.165) is 52.2 Å². The summed E-state index contributed by atoms with van der Waals surface area (Å²) < 4.78 is 0. The summed E-state index contributed by atoms with van der Waals surface area (Å²) >= 11 is 0. The quantitative estimate of drug-likeness (QED) is 0.734. The number of nitrogens with zero attached hydrogens (tertiary/aromatic N) is 3. The SMILES string of the molecule is CCN1CCN(CCC(=O)N(CCN)CCc2ccccc2)CC1. The first-order valence-electron chi connectivity index (χ1n) is 9.19. The summed E-state index contributed by atoms with van der Waals surface area (Å²) in [6.07, 6.45) is 1.49. The normalized spacial score (nSPS) is 16.2. The topological polar surface area (TPSA) is 52.8 Å². The molecule has 5 nitrogen and oxygen atoms in total. The number of amides is 1. The molecule has 1 amide bonds. The third-order valence-corrected chi connectivity index (χ3v) is 4.82. The van der Waals surface area contributed by atoms with Gasteiger partial charge in [-0.25, -0.2) is 0 Å². The second-order valence-electron chi connectivity index (χ2n) is 6.43. The van der Waals surface area contributed by atoms with Crippen molar-refractivity contribution in [2.24, 2.45) is 5.73 Å². The zero-order valence-corrected chi connectivity index (χ0v) is 15.0. The molecule has 1 heterocycles. The van der Waals surface area contributed by atoms with Crippen molar-refractivity contribution in [3.8, 4) is 0 Å². The number of carbonyl (C=O) groups is 1. The van der Waals surface area contributed by atoms with E-state index in [9.17, 15) is 4.79 Å². The van der Waals surface area contributed by atoms with Crippen molar-refractivity contribution in [2.75, 3.05) is 58.9 Å². The first-order chi connectivity index (χ1) is 11.7. The lowest BCUT2D eigenvalue weighted by Crippen LogP contribution is -2.47. The van der Waals surface area contributed by atoms with E-state index in [1.54, 1.807) is 0 Å². The Bertz CT molecular complexity index is 472. The molecule has 2 rings (SSSR count). The molecule has 0 radical (unpaired) electrons. The Morgan fingerprint density at radius 2 is 1.75 bits per heavy atom. The van der Waals surface area contributed by atoms with Gasteiger partial charge >= 0.3 is 0 Å². The molecule has 0 unspecified atom stereocenters. The van der Waals surface area contributed by atoms with Gasteiger partial charge in [-0.15, -0.1) is 0 Å². The van der Waals surface area contributed by atoms with Crippen LogP contribution in [0.25, 0.3) is 0 Å². The predicted molar refractivity (Wildman–Crippen MR) is 99.0 cm³/mol. The lowest BCUT2D eigenvalue weighted by Gasteiger charge is -2.34. The molecule has 0 saturated carbocycles. The van der Waals surface area contributed by atoms with Crippen molar-refractivity contribution in [3.05, 3.63) is 35.9 Å². The van der Waals surface area contributed by atoms with E-state index in [4.69, 9.17) is 5.73 Å². The summed E-state index contributed by atoms with van der Waals surface area (Å²) in [4.78, 5) is 19.3. The fraction of sp³-hybridized carbons (Fsp3) is 0.632. The molecule has 1 aromatic carbocycles. The van der Waals surface area contributed by atoms with Crippen molar-refractivity contribution < 1.29 is 4.79 Å². The van der Waals surface area contributed by atoms with Crippen LogP contribution in [0.1, 0.15) is 18.9 Å². The molecule has 0 bridgehead atoms. The van der Waals surface area contributed by atoms with Crippen LogP contribution in [0.3, 0.4) is 0 Å². The van der Waals surface area contributed by atoms with Crippen LogP contribution in [0, 0.1) is 0 Å². The lowest BCUT2D eigenvalue weighted by molar-refractivity contribution is -0.131. The fourth-order valence-electron chi connectivity index (χ4n) is 3.17. The largest absolute Gasteiger partial charge is 0.341 e. The Morgan fingerprint density at radius 3 is 2.38 bits per heavy atom. The van der Waals surface area contributed by atoms with Crippen LogP contribution in [0.15, 0.2) is 30.3 Å². The van der Waals surface area contributed by atoms with Crippen LogP contribution < -0.4 is 5.73 Å². The highest BCUT2D eigenvalue weighted by atomic mass is 16.2. The standard InChI is InChI=1S/C19H32N4O/c1-2-21-14-16-22(17-15-21)11-9-19(24)23(13-10-20)12-8-18-6-4-3-5-7-18/h3-7H,2,8-17,20H2,1H3. The Balaban J connectivity index is 1.74. The summed E-state index contributed by atoms with van der Waals surface area (Å²) in [5.41, 5.74) is 6.96. The lowest BCUT2D eigenvalue weighted by atomic mass is 10.1. The molecule has 5 heteroatoms. The number of benzene rings is 1. The number of hydrogen-bond acceptors (Lipinski definition) is 4. The van der Waals surface area contributed by atoms with Crippen LogP contribution in [0.4, 0.5) is 0 Å². The minimum atomic E-state index is 0.231. The maximum absolute atomic E-state index is 12.6. The van der Waals surface area contributed by atoms with Crippen molar-refractivity contribution in [2.45, 2.75) is 19.8 Å². The number of piperazine rings is 1. The molecule has 0 aromatic heterocycles. The van der Waals surface area contributed by atoms with Crippen molar-refractivity contribution in [1.29, 1.82) is 0 Å². The monoisotopic (exact) mass is 332 g/mol. The molecule has 134 valence electrons. The van der Waals surface area contributed by atoms with Gasteiger partial charge in [0, 0.05) is 58.8 Å². The smallest absolute Gasteiger partial charge is 0.223 e. The summed E-state index contributed by atoms with van der Waals surface area (Å²) in [5.74, 6) is 0.231. The average molecular weight is 332 g/mol. The summed E-state index contributed by atoms with van der Waals surface area (Å²) in [6, 6.07) is 10.3. The Morgan fingerprint density at radius 1 is 1.08 bits per heavy atom. The second-order valence-corrected chi connectivity index (χ2v) is 6.43. The maximum Gasteiger partial charge on any atom is 0.223 e. The first kappa shape index (κ1) is 18.9. The van der Waals surface area contributed by atoms with E-state index in [-0.39, 0.29) is 5.91 Å². The van der Waals surface area contributed by atoms with E-state index >= 15 is 0 Å². The van der Waals surface area contributed by atoms with Crippen LogP contribution in [-0.2, 0) is 11.2 Å². The molecule has 0 aliphatic carbocycles. The molecular weight excluding hydrogens is 300 g/mol. The number of carbonyl (C=O) groups excluding carboxylic acids is 1. The molecule has 2 N–H and O–H groups in total. The summed E-state index contributed by atoms with van der Waals surface area (Å²) in [7, 11) is 0. The number of rotatable bonds is 9. The van der Waals surface area contributed by atoms with Crippen LogP contribution in [0.5, 0.6) is 0 Å². The van der Waals surface area contributed by atoms with E-state index < -0.39 is 0 Å². The van der Waals surface area contributed by atoms with Gasteiger partial charge < -0.3 is 20.4 Å². The minimum Gasteiger partial charge on any atom is -0.341 e. The van der Waals surface area contributed by atoms with Crippen molar-refractivity contribution in [3.63, 3.8) is 0 Å². The number of nitrogens with two attached hydrogens (primary N) is 1. The summed E-state index contributed by atoms with van der Waals surface area (Å²) in [5, 5.41) is 0. The van der Waals surface area contributed by atoms with Gasteiger partial charge in [-0.1, -0.05) is 37.3 Å². The van der Waals surface area contributed by atoms with Gasteiger partial charge in [-0.3, -0.25) is 4.79 Å². The zero-order chi connectivity index (χ0) is 17.2.